The van der Waals surface area contributed by atoms with Crippen LogP contribution in [-0.4, -0.2) is 46.9 Å². The van der Waals surface area contributed by atoms with Crippen molar-refractivity contribution in [2.45, 2.75) is 32.5 Å². The molecule has 0 amide bonds. The summed E-state index contributed by atoms with van der Waals surface area (Å²) in [7, 11) is 0. The van der Waals surface area contributed by atoms with E-state index < -0.39 is 0 Å². The molecule has 0 radical (unpaired) electrons. The van der Waals surface area contributed by atoms with E-state index in [2.05, 4.69) is 16.8 Å². The van der Waals surface area contributed by atoms with Gasteiger partial charge < -0.3 is 14.3 Å². The minimum atomic E-state index is -0.0802. The van der Waals surface area contributed by atoms with E-state index in [9.17, 15) is 0 Å². The van der Waals surface area contributed by atoms with Crippen LogP contribution in [0.25, 0.3) is 0 Å². The molecule has 2 atom stereocenters. The molecule has 1 saturated heterocycles. The molecule has 2 rings (SSSR count). The Balaban J connectivity index is 1.99. The van der Waals surface area contributed by atoms with Crippen LogP contribution in [0.4, 0.5) is 0 Å². The average Bonchev–Trinajstić information content (AvgIpc) is 2.68. The maximum atomic E-state index is 9.09. The lowest BCUT2D eigenvalue weighted by atomic mass is 10.2. The van der Waals surface area contributed by atoms with Crippen LogP contribution in [0.15, 0.2) is 10.8 Å². The van der Waals surface area contributed by atoms with Crippen LogP contribution < -0.4 is 0 Å². The van der Waals surface area contributed by atoms with Gasteiger partial charge in [-0.2, -0.15) is 0 Å². The molecular weight excluding hydrogens is 208 g/mol. The first-order chi connectivity index (χ1) is 7.70. The smallest absolute Gasteiger partial charge is 0.181 e. The van der Waals surface area contributed by atoms with Crippen LogP contribution in [0, 0.1) is 6.92 Å². The Morgan fingerprint density at radius 1 is 1.62 bits per heavy atom. The number of nitrogens with zero attached hydrogens (tertiary/aromatic N) is 2. The maximum Gasteiger partial charge on any atom is 0.181 e. The fourth-order valence-corrected chi connectivity index (χ4v) is 1.88. The lowest BCUT2D eigenvalue weighted by molar-refractivity contribution is -0.0809. The molecule has 2 heterocycles. The van der Waals surface area contributed by atoms with Crippen LogP contribution in [0.2, 0.25) is 0 Å². The standard InChI is InChI=1S/C11H18N2O3/c1-8-6-15-10(5-14)3-13(8)4-11-9(2)16-7-12-11/h7-8,10,14H,3-6H2,1-2H3. The zero-order chi connectivity index (χ0) is 11.5. The molecular formula is C11H18N2O3. The summed E-state index contributed by atoms with van der Waals surface area (Å²) in [5.74, 6) is 0.860. The van der Waals surface area contributed by atoms with Gasteiger partial charge in [0.1, 0.15) is 5.76 Å². The highest BCUT2D eigenvalue weighted by molar-refractivity contribution is 5.05. The average molecular weight is 226 g/mol. The van der Waals surface area contributed by atoms with E-state index in [1.54, 1.807) is 0 Å². The SMILES string of the molecule is Cc1ocnc1CN1CC(CO)OCC1C. The summed E-state index contributed by atoms with van der Waals surface area (Å²) >= 11 is 0. The Bertz CT molecular complexity index is 340. The normalized spacial score (nSPS) is 27.2. The van der Waals surface area contributed by atoms with Gasteiger partial charge in [0.25, 0.3) is 0 Å². The quantitative estimate of drug-likeness (QED) is 0.816. The fraction of sp³-hybridized carbons (Fsp3) is 0.727. The molecule has 0 aliphatic carbocycles. The summed E-state index contributed by atoms with van der Waals surface area (Å²) in [6, 6.07) is 0.346. The second-order valence-corrected chi connectivity index (χ2v) is 4.27. The number of aromatic nitrogens is 1. The fourth-order valence-electron chi connectivity index (χ4n) is 1.88. The third kappa shape index (κ3) is 2.42. The lowest BCUT2D eigenvalue weighted by Crippen LogP contribution is -2.48. The highest BCUT2D eigenvalue weighted by Crippen LogP contribution is 2.16. The summed E-state index contributed by atoms with van der Waals surface area (Å²) in [6.07, 6.45) is 1.39. The van der Waals surface area contributed by atoms with Crippen molar-refractivity contribution in [3.05, 3.63) is 17.8 Å². The van der Waals surface area contributed by atoms with Gasteiger partial charge in [-0.1, -0.05) is 0 Å². The molecule has 0 bridgehead atoms. The van der Waals surface area contributed by atoms with Crippen LogP contribution >= 0.6 is 0 Å². The molecule has 5 nitrogen and oxygen atoms in total. The van der Waals surface area contributed by atoms with Crippen molar-refractivity contribution in [2.75, 3.05) is 19.8 Å². The van der Waals surface area contributed by atoms with Gasteiger partial charge >= 0.3 is 0 Å². The van der Waals surface area contributed by atoms with Crippen molar-refractivity contribution in [3.63, 3.8) is 0 Å². The number of aliphatic hydroxyl groups is 1. The van der Waals surface area contributed by atoms with Crippen molar-refractivity contribution in [2.24, 2.45) is 0 Å². The molecule has 1 aromatic heterocycles. The number of morpholine rings is 1. The van der Waals surface area contributed by atoms with E-state index in [1.165, 1.54) is 6.39 Å². The Kier molecular flexibility index (Phi) is 3.58. The van der Waals surface area contributed by atoms with Crippen molar-refractivity contribution >= 4 is 0 Å². The van der Waals surface area contributed by atoms with Gasteiger partial charge in [0.2, 0.25) is 0 Å². The minimum Gasteiger partial charge on any atom is -0.448 e. The van der Waals surface area contributed by atoms with Gasteiger partial charge in [-0.15, -0.1) is 0 Å². The second-order valence-electron chi connectivity index (χ2n) is 4.27. The number of aliphatic hydroxyl groups excluding tert-OH is 1. The maximum absolute atomic E-state index is 9.09. The van der Waals surface area contributed by atoms with Crippen molar-refractivity contribution in [1.82, 2.24) is 9.88 Å². The topological polar surface area (TPSA) is 58.7 Å². The molecule has 16 heavy (non-hydrogen) atoms. The van der Waals surface area contributed by atoms with E-state index >= 15 is 0 Å². The second kappa shape index (κ2) is 4.95. The van der Waals surface area contributed by atoms with E-state index in [4.69, 9.17) is 14.3 Å². The first-order valence-electron chi connectivity index (χ1n) is 5.56. The third-order valence-electron chi connectivity index (χ3n) is 3.04. The number of hydrogen-bond donors (Lipinski definition) is 1. The molecule has 90 valence electrons. The molecule has 1 aliphatic heterocycles. The number of rotatable bonds is 3. The van der Waals surface area contributed by atoms with E-state index in [0.717, 1.165) is 24.5 Å². The Morgan fingerprint density at radius 2 is 2.44 bits per heavy atom. The molecule has 1 aromatic rings. The van der Waals surface area contributed by atoms with Crippen molar-refractivity contribution in [1.29, 1.82) is 0 Å². The van der Waals surface area contributed by atoms with Gasteiger partial charge in [0, 0.05) is 19.1 Å². The van der Waals surface area contributed by atoms with E-state index in [1.807, 2.05) is 6.92 Å². The summed E-state index contributed by atoms with van der Waals surface area (Å²) < 4.78 is 10.7. The van der Waals surface area contributed by atoms with Gasteiger partial charge in [0.05, 0.1) is 25.0 Å². The molecule has 5 heteroatoms. The molecule has 0 saturated carbocycles. The molecule has 1 N–H and O–H groups in total. The molecule has 1 aliphatic rings. The number of hydrogen-bond acceptors (Lipinski definition) is 5. The molecule has 0 aromatic carbocycles. The van der Waals surface area contributed by atoms with Gasteiger partial charge in [0.15, 0.2) is 6.39 Å². The zero-order valence-corrected chi connectivity index (χ0v) is 9.72. The first kappa shape index (κ1) is 11.6. The van der Waals surface area contributed by atoms with E-state index in [-0.39, 0.29) is 12.7 Å². The monoisotopic (exact) mass is 226 g/mol. The summed E-state index contributed by atoms with van der Waals surface area (Å²) in [4.78, 5) is 6.44. The summed E-state index contributed by atoms with van der Waals surface area (Å²) in [5, 5.41) is 9.09. The molecule has 2 unspecified atom stereocenters. The Labute approximate surface area is 95.0 Å². The minimum absolute atomic E-state index is 0.0705. The van der Waals surface area contributed by atoms with Crippen molar-refractivity contribution < 1.29 is 14.3 Å². The van der Waals surface area contributed by atoms with Gasteiger partial charge in [-0.05, 0) is 13.8 Å². The predicted molar refractivity (Wildman–Crippen MR) is 57.9 cm³/mol. The predicted octanol–water partition coefficient (Wildman–Crippen LogP) is 0.565. The van der Waals surface area contributed by atoms with E-state index in [0.29, 0.717) is 12.6 Å². The number of ether oxygens (including phenoxy) is 1. The lowest BCUT2D eigenvalue weighted by Gasteiger charge is -2.36. The summed E-state index contributed by atoms with van der Waals surface area (Å²) in [6.45, 7) is 6.25. The van der Waals surface area contributed by atoms with Crippen LogP contribution in [0.3, 0.4) is 0 Å². The number of oxazole rings is 1. The van der Waals surface area contributed by atoms with Gasteiger partial charge in [-0.25, -0.2) is 4.98 Å². The van der Waals surface area contributed by atoms with Crippen LogP contribution in [0.1, 0.15) is 18.4 Å². The summed E-state index contributed by atoms with van der Waals surface area (Å²) in [5.41, 5.74) is 0.963. The van der Waals surface area contributed by atoms with Gasteiger partial charge in [-0.3, -0.25) is 4.90 Å². The van der Waals surface area contributed by atoms with Crippen molar-refractivity contribution in [3.8, 4) is 0 Å². The Hall–Kier alpha value is -0.910. The molecule has 0 spiro atoms. The largest absolute Gasteiger partial charge is 0.448 e. The van der Waals surface area contributed by atoms with Crippen LogP contribution in [0.5, 0.6) is 0 Å². The van der Waals surface area contributed by atoms with Crippen LogP contribution in [-0.2, 0) is 11.3 Å². The Morgan fingerprint density at radius 3 is 3.06 bits per heavy atom. The molecule has 1 fully saturated rings. The first-order valence-corrected chi connectivity index (χ1v) is 5.56. The zero-order valence-electron chi connectivity index (χ0n) is 9.72. The highest BCUT2D eigenvalue weighted by atomic mass is 16.5. The third-order valence-corrected chi connectivity index (χ3v) is 3.04. The highest BCUT2D eigenvalue weighted by Gasteiger charge is 2.26. The number of aryl methyl sites for hydroxylation is 1.